The number of alkyl halides is 7. The molecular weight excluding hydrogens is 446 g/mol. The smallest absolute Gasteiger partial charge is 0.429 e. The molecular formula is C17H11ClF6N2O4. The fourth-order valence-electron chi connectivity index (χ4n) is 2.31. The molecule has 1 aliphatic heterocycles. The van der Waals surface area contributed by atoms with E-state index in [4.69, 9.17) is 9.47 Å². The van der Waals surface area contributed by atoms with Crippen molar-refractivity contribution in [1.82, 2.24) is 5.32 Å². The lowest BCUT2D eigenvalue weighted by Crippen LogP contribution is -2.65. The van der Waals surface area contributed by atoms with Gasteiger partial charge >= 0.3 is 24.2 Å². The van der Waals surface area contributed by atoms with Crippen molar-refractivity contribution in [3.8, 4) is 17.2 Å². The summed E-state index contributed by atoms with van der Waals surface area (Å²) in [4.78, 5) is 12.1. The minimum atomic E-state index is -5.16. The van der Waals surface area contributed by atoms with Gasteiger partial charge in [0, 0.05) is 5.69 Å². The SMILES string of the molecule is O=C(Nc1ccc(OC(F)(F)C(F)Cl)cc1)NC1(C(F)(F)F)Oc2ccccc2O1. The summed E-state index contributed by atoms with van der Waals surface area (Å²) in [5.74, 6) is -4.44. The van der Waals surface area contributed by atoms with Gasteiger partial charge in [0.15, 0.2) is 11.5 Å². The van der Waals surface area contributed by atoms with E-state index in [0.29, 0.717) is 0 Å². The zero-order valence-corrected chi connectivity index (χ0v) is 15.2. The van der Waals surface area contributed by atoms with Crippen molar-refractivity contribution in [2.75, 3.05) is 5.32 Å². The Kier molecular flexibility index (Phi) is 5.54. The number of amides is 2. The molecule has 30 heavy (non-hydrogen) atoms. The summed E-state index contributed by atoms with van der Waals surface area (Å²) in [6.45, 7) is 0. The number of carbonyl (C=O) groups is 1. The Morgan fingerprint density at radius 2 is 1.53 bits per heavy atom. The topological polar surface area (TPSA) is 68.8 Å². The van der Waals surface area contributed by atoms with Gasteiger partial charge in [-0.3, -0.25) is 5.32 Å². The monoisotopic (exact) mass is 456 g/mol. The fraction of sp³-hybridized carbons (Fsp3) is 0.235. The van der Waals surface area contributed by atoms with Crippen molar-refractivity contribution in [2.45, 2.75) is 23.8 Å². The van der Waals surface area contributed by atoms with Crippen molar-refractivity contribution in [2.24, 2.45) is 0 Å². The van der Waals surface area contributed by atoms with Gasteiger partial charge in [0.25, 0.3) is 5.63 Å². The largest absolute Gasteiger partial charge is 0.492 e. The Morgan fingerprint density at radius 3 is 2.00 bits per heavy atom. The molecule has 0 aliphatic carbocycles. The van der Waals surface area contributed by atoms with Gasteiger partial charge in [0.1, 0.15) is 5.75 Å². The van der Waals surface area contributed by atoms with Crippen molar-refractivity contribution in [1.29, 1.82) is 0 Å². The number of hydrogen-bond donors (Lipinski definition) is 2. The van der Waals surface area contributed by atoms with Crippen LogP contribution < -0.4 is 24.8 Å². The highest BCUT2D eigenvalue weighted by molar-refractivity contribution is 6.20. The second-order valence-corrected chi connectivity index (χ2v) is 6.22. The molecule has 0 fully saturated rings. The molecule has 0 saturated carbocycles. The maximum absolute atomic E-state index is 13.5. The van der Waals surface area contributed by atoms with Crippen LogP contribution in [0.5, 0.6) is 17.2 Å². The predicted octanol–water partition coefficient (Wildman–Crippen LogP) is 5.00. The number of fused-ring (bicyclic) bond motifs is 1. The first-order chi connectivity index (χ1) is 13.9. The van der Waals surface area contributed by atoms with E-state index in [1.807, 2.05) is 0 Å². The summed E-state index contributed by atoms with van der Waals surface area (Å²) >= 11 is 4.66. The first kappa shape index (κ1) is 21.7. The van der Waals surface area contributed by atoms with Crippen LogP contribution >= 0.6 is 11.6 Å². The highest BCUT2D eigenvalue weighted by Gasteiger charge is 2.65. The van der Waals surface area contributed by atoms with Crippen LogP contribution in [-0.2, 0) is 0 Å². The number of urea groups is 1. The number of hydrogen-bond acceptors (Lipinski definition) is 4. The maximum atomic E-state index is 13.5. The summed E-state index contributed by atoms with van der Waals surface area (Å²) in [5, 5.41) is 3.61. The Bertz CT molecular complexity index is 898. The standard InChI is InChI=1S/C17H11ClF6N2O4/c18-13(19)15(20,21)28-10-7-5-9(6-8-10)25-14(27)26-17(16(22,23)24)29-11-3-1-2-4-12(11)30-17/h1-8,13H,(H2,25,26,27). The van der Waals surface area contributed by atoms with Gasteiger partial charge in [0.2, 0.25) is 0 Å². The minimum absolute atomic E-state index is 0.0985. The van der Waals surface area contributed by atoms with Crippen LogP contribution in [0.1, 0.15) is 0 Å². The number of carbonyl (C=O) groups excluding carboxylic acids is 1. The molecule has 0 radical (unpaired) electrons. The van der Waals surface area contributed by atoms with Gasteiger partial charge in [-0.25, -0.2) is 9.18 Å². The fourth-order valence-corrected chi connectivity index (χ4v) is 2.35. The van der Waals surface area contributed by atoms with Crippen LogP contribution in [0.2, 0.25) is 0 Å². The first-order valence-corrected chi connectivity index (χ1v) is 8.43. The van der Waals surface area contributed by atoms with E-state index in [1.54, 1.807) is 5.32 Å². The summed E-state index contributed by atoms with van der Waals surface area (Å²) in [5.41, 5.74) is -3.20. The Balaban J connectivity index is 1.68. The normalized spacial score (nSPS) is 16.0. The molecule has 2 N–H and O–H groups in total. The second-order valence-electron chi connectivity index (χ2n) is 5.83. The maximum Gasteiger partial charge on any atom is 0.492 e. The Hall–Kier alpha value is -3.02. The van der Waals surface area contributed by atoms with Gasteiger partial charge in [-0.1, -0.05) is 23.7 Å². The van der Waals surface area contributed by atoms with E-state index in [-0.39, 0.29) is 17.2 Å². The number of halogens is 7. The molecule has 3 rings (SSSR count). The van der Waals surface area contributed by atoms with Crippen molar-refractivity contribution >= 4 is 23.3 Å². The molecule has 0 bridgehead atoms. The number of benzene rings is 2. The predicted molar refractivity (Wildman–Crippen MR) is 91.4 cm³/mol. The van der Waals surface area contributed by atoms with Crippen LogP contribution in [-0.4, -0.2) is 29.9 Å². The van der Waals surface area contributed by atoms with Gasteiger partial charge in [-0.05, 0) is 36.4 Å². The second kappa shape index (κ2) is 7.67. The van der Waals surface area contributed by atoms with E-state index in [1.165, 1.54) is 24.3 Å². The molecule has 6 nitrogen and oxygen atoms in total. The van der Waals surface area contributed by atoms with Gasteiger partial charge in [0.05, 0.1) is 0 Å². The van der Waals surface area contributed by atoms with Crippen LogP contribution in [0.25, 0.3) is 0 Å². The quantitative estimate of drug-likeness (QED) is 0.491. The molecule has 1 unspecified atom stereocenters. The third-order valence-electron chi connectivity index (χ3n) is 3.63. The third kappa shape index (κ3) is 4.42. The molecule has 1 atom stereocenters. The van der Waals surface area contributed by atoms with Crippen molar-refractivity contribution in [3.63, 3.8) is 0 Å². The summed E-state index contributed by atoms with van der Waals surface area (Å²) in [6, 6.07) is 7.79. The zero-order valence-electron chi connectivity index (χ0n) is 14.5. The lowest BCUT2D eigenvalue weighted by atomic mass is 10.3. The molecule has 162 valence electrons. The third-order valence-corrected chi connectivity index (χ3v) is 3.88. The first-order valence-electron chi connectivity index (χ1n) is 8.00. The molecule has 1 aliphatic rings. The number of para-hydroxylation sites is 2. The number of anilines is 1. The van der Waals surface area contributed by atoms with E-state index in [2.05, 4.69) is 21.7 Å². The summed E-state index contributed by atoms with van der Waals surface area (Å²) in [6.07, 6.45) is -9.46. The van der Waals surface area contributed by atoms with Crippen molar-refractivity contribution < 1.29 is 45.3 Å². The zero-order chi connectivity index (χ0) is 22.2. The summed E-state index contributed by atoms with van der Waals surface area (Å²) in [7, 11) is 0. The minimum Gasteiger partial charge on any atom is -0.429 e. The number of nitrogens with one attached hydrogen (secondary N) is 2. The molecule has 0 aromatic heterocycles. The van der Waals surface area contributed by atoms with Crippen LogP contribution in [0.3, 0.4) is 0 Å². The summed E-state index contributed by atoms with van der Waals surface area (Å²) < 4.78 is 93.0. The molecule has 0 saturated heterocycles. The van der Waals surface area contributed by atoms with Gasteiger partial charge in [-0.2, -0.15) is 22.0 Å². The molecule has 1 heterocycles. The highest BCUT2D eigenvalue weighted by Crippen LogP contribution is 2.44. The molecule has 2 aromatic carbocycles. The number of ether oxygens (including phenoxy) is 3. The average Bonchev–Trinajstić information content (AvgIpc) is 3.02. The Morgan fingerprint density at radius 1 is 1.00 bits per heavy atom. The lowest BCUT2D eigenvalue weighted by Gasteiger charge is -2.29. The van der Waals surface area contributed by atoms with Gasteiger partial charge in [-0.15, -0.1) is 0 Å². The van der Waals surface area contributed by atoms with E-state index in [0.717, 1.165) is 24.3 Å². The van der Waals surface area contributed by atoms with Crippen LogP contribution in [0.15, 0.2) is 48.5 Å². The van der Waals surface area contributed by atoms with E-state index >= 15 is 0 Å². The highest BCUT2D eigenvalue weighted by atomic mass is 35.5. The van der Waals surface area contributed by atoms with Crippen LogP contribution in [0, 0.1) is 0 Å². The molecule has 0 spiro atoms. The average molecular weight is 457 g/mol. The van der Waals surface area contributed by atoms with E-state index in [9.17, 15) is 31.1 Å². The van der Waals surface area contributed by atoms with Gasteiger partial charge < -0.3 is 19.5 Å². The van der Waals surface area contributed by atoms with E-state index < -0.39 is 35.6 Å². The number of rotatable bonds is 5. The van der Waals surface area contributed by atoms with Crippen LogP contribution in [0.4, 0.5) is 36.8 Å². The van der Waals surface area contributed by atoms with Crippen molar-refractivity contribution in [3.05, 3.63) is 48.5 Å². The molecule has 13 heteroatoms. The molecule has 2 amide bonds. The molecule has 2 aromatic rings. The Labute approximate surface area is 169 Å². The lowest BCUT2D eigenvalue weighted by molar-refractivity contribution is -0.317.